The van der Waals surface area contributed by atoms with Gasteiger partial charge in [-0.05, 0) is 24.8 Å². The van der Waals surface area contributed by atoms with Crippen LogP contribution in [-0.2, 0) is 6.42 Å². The largest absolute Gasteiger partial charge is 0.343 e. The summed E-state index contributed by atoms with van der Waals surface area (Å²) in [6.07, 6.45) is 5.66. The fourth-order valence-electron chi connectivity index (χ4n) is 2.54. The number of aryl methyl sites for hydroxylation is 1. The Labute approximate surface area is 129 Å². The summed E-state index contributed by atoms with van der Waals surface area (Å²) in [5.41, 5.74) is 3.20. The predicted molar refractivity (Wildman–Crippen MR) is 88.9 cm³/mol. The Morgan fingerprint density at radius 3 is 2.90 bits per heavy atom. The third-order valence-electron chi connectivity index (χ3n) is 3.64. The Hall–Kier alpha value is -2.07. The first kappa shape index (κ1) is 13.9. The second kappa shape index (κ2) is 5.74. The van der Waals surface area contributed by atoms with E-state index in [0.29, 0.717) is 4.64 Å². The molecule has 0 fully saturated rings. The summed E-state index contributed by atoms with van der Waals surface area (Å²) < 4.78 is 0.674. The van der Waals surface area contributed by atoms with Crippen LogP contribution < -0.4 is 0 Å². The lowest BCUT2D eigenvalue weighted by atomic mass is 10.0. The Balaban J connectivity index is 2.30. The minimum Gasteiger partial charge on any atom is -0.343 e. The highest BCUT2D eigenvalue weighted by atomic mass is 32.1. The van der Waals surface area contributed by atoms with E-state index >= 15 is 0 Å². The number of aromatic amines is 1. The molecule has 1 N–H and O–H groups in total. The highest BCUT2D eigenvalue weighted by Crippen LogP contribution is 2.29. The number of nitrogens with zero attached hydrogens (tertiary/aromatic N) is 2. The van der Waals surface area contributed by atoms with Gasteiger partial charge in [0.2, 0.25) is 0 Å². The van der Waals surface area contributed by atoms with Crippen molar-refractivity contribution >= 4 is 23.0 Å². The summed E-state index contributed by atoms with van der Waals surface area (Å²) in [5.74, 6) is 0.948. The van der Waals surface area contributed by atoms with E-state index in [-0.39, 0.29) is 0 Å². The lowest BCUT2D eigenvalue weighted by Gasteiger charge is -2.11. The standard InChI is InChI=1S/C17H17N3S/c1-3-5-15-19-16(11(2)17(21)20-15)13-7-4-6-12-8-9-18-10-14(12)13/h4,6-10H,3,5H2,1-2H3,(H,19,20,21). The number of H-pyrrole nitrogens is 1. The average Bonchev–Trinajstić information content (AvgIpc) is 2.50. The Morgan fingerprint density at radius 2 is 2.10 bits per heavy atom. The molecule has 3 rings (SSSR count). The molecule has 0 radical (unpaired) electrons. The molecule has 0 spiro atoms. The van der Waals surface area contributed by atoms with Gasteiger partial charge in [0, 0.05) is 35.3 Å². The Kier molecular flexibility index (Phi) is 3.80. The van der Waals surface area contributed by atoms with Gasteiger partial charge in [-0.2, -0.15) is 0 Å². The van der Waals surface area contributed by atoms with Gasteiger partial charge in [-0.25, -0.2) is 4.98 Å². The van der Waals surface area contributed by atoms with E-state index in [2.05, 4.69) is 40.1 Å². The van der Waals surface area contributed by atoms with Crippen LogP contribution in [0.3, 0.4) is 0 Å². The van der Waals surface area contributed by atoms with Crippen LogP contribution in [0.1, 0.15) is 24.7 Å². The van der Waals surface area contributed by atoms with E-state index in [0.717, 1.165) is 40.9 Å². The molecule has 0 atom stereocenters. The molecule has 21 heavy (non-hydrogen) atoms. The number of aromatic nitrogens is 3. The monoisotopic (exact) mass is 295 g/mol. The molecule has 0 bridgehead atoms. The Morgan fingerprint density at radius 1 is 1.24 bits per heavy atom. The highest BCUT2D eigenvalue weighted by molar-refractivity contribution is 7.71. The Bertz CT molecular complexity index is 847. The van der Waals surface area contributed by atoms with E-state index < -0.39 is 0 Å². The lowest BCUT2D eigenvalue weighted by molar-refractivity contribution is 0.829. The number of benzene rings is 1. The topological polar surface area (TPSA) is 41.6 Å². The van der Waals surface area contributed by atoms with Crippen molar-refractivity contribution in [3.63, 3.8) is 0 Å². The molecule has 0 amide bonds. The van der Waals surface area contributed by atoms with Crippen molar-refractivity contribution in [2.75, 3.05) is 0 Å². The zero-order chi connectivity index (χ0) is 14.8. The molecule has 3 aromatic rings. The molecule has 106 valence electrons. The van der Waals surface area contributed by atoms with Crippen LogP contribution in [0.25, 0.3) is 22.0 Å². The molecule has 0 saturated heterocycles. The van der Waals surface area contributed by atoms with Gasteiger partial charge >= 0.3 is 0 Å². The third-order valence-corrected chi connectivity index (χ3v) is 4.04. The molecule has 0 aliphatic carbocycles. The minimum absolute atomic E-state index is 0.674. The zero-order valence-electron chi connectivity index (χ0n) is 12.2. The summed E-state index contributed by atoms with van der Waals surface area (Å²) in [5, 5.41) is 2.30. The van der Waals surface area contributed by atoms with Crippen molar-refractivity contribution < 1.29 is 0 Å². The van der Waals surface area contributed by atoms with E-state index in [1.807, 2.05) is 25.4 Å². The molecule has 1 aromatic carbocycles. The maximum absolute atomic E-state index is 5.42. The van der Waals surface area contributed by atoms with Gasteiger partial charge in [-0.3, -0.25) is 4.98 Å². The van der Waals surface area contributed by atoms with E-state index in [4.69, 9.17) is 12.2 Å². The predicted octanol–water partition coefficient (Wildman–Crippen LogP) is 4.62. The van der Waals surface area contributed by atoms with Gasteiger partial charge in [0.15, 0.2) is 0 Å². The number of hydrogen-bond acceptors (Lipinski definition) is 3. The summed E-state index contributed by atoms with van der Waals surface area (Å²) in [4.78, 5) is 12.2. The number of fused-ring (bicyclic) bond motifs is 1. The molecular weight excluding hydrogens is 278 g/mol. The van der Waals surface area contributed by atoms with Crippen LogP contribution in [0.2, 0.25) is 0 Å². The number of pyridine rings is 1. The zero-order valence-corrected chi connectivity index (χ0v) is 13.0. The van der Waals surface area contributed by atoms with Gasteiger partial charge < -0.3 is 4.98 Å². The molecule has 4 heteroatoms. The maximum Gasteiger partial charge on any atom is 0.133 e. The van der Waals surface area contributed by atoms with E-state index in [1.165, 1.54) is 5.39 Å². The van der Waals surface area contributed by atoms with Crippen LogP contribution in [-0.4, -0.2) is 15.0 Å². The van der Waals surface area contributed by atoms with Gasteiger partial charge in [-0.15, -0.1) is 0 Å². The molecule has 0 unspecified atom stereocenters. The van der Waals surface area contributed by atoms with Crippen molar-refractivity contribution in [2.24, 2.45) is 0 Å². The molecule has 0 aliphatic heterocycles. The van der Waals surface area contributed by atoms with Crippen LogP contribution in [0.15, 0.2) is 36.7 Å². The second-order valence-corrected chi connectivity index (χ2v) is 5.53. The number of rotatable bonds is 3. The van der Waals surface area contributed by atoms with Crippen LogP contribution in [0.4, 0.5) is 0 Å². The van der Waals surface area contributed by atoms with E-state index in [1.54, 1.807) is 0 Å². The van der Waals surface area contributed by atoms with Gasteiger partial charge in [0.25, 0.3) is 0 Å². The molecule has 3 nitrogen and oxygen atoms in total. The quantitative estimate of drug-likeness (QED) is 0.717. The van der Waals surface area contributed by atoms with Crippen molar-refractivity contribution in [2.45, 2.75) is 26.7 Å². The van der Waals surface area contributed by atoms with Crippen LogP contribution >= 0.6 is 12.2 Å². The number of nitrogens with one attached hydrogen (secondary N) is 1. The normalized spacial score (nSPS) is 11.0. The van der Waals surface area contributed by atoms with E-state index in [9.17, 15) is 0 Å². The fraction of sp³-hybridized carbons (Fsp3) is 0.235. The molecular formula is C17H17N3S. The molecule has 2 aromatic heterocycles. The molecule has 2 heterocycles. The first-order valence-corrected chi connectivity index (χ1v) is 7.54. The smallest absolute Gasteiger partial charge is 0.133 e. The van der Waals surface area contributed by atoms with Crippen molar-refractivity contribution in [1.29, 1.82) is 0 Å². The summed E-state index contributed by atoms with van der Waals surface area (Å²) >= 11 is 5.42. The number of hydrogen-bond donors (Lipinski definition) is 1. The summed E-state index contributed by atoms with van der Waals surface area (Å²) in [7, 11) is 0. The summed E-state index contributed by atoms with van der Waals surface area (Å²) in [6.45, 7) is 4.16. The van der Waals surface area contributed by atoms with Gasteiger partial charge in [0.1, 0.15) is 10.5 Å². The van der Waals surface area contributed by atoms with Crippen molar-refractivity contribution in [3.05, 3.63) is 52.7 Å². The fourth-order valence-corrected chi connectivity index (χ4v) is 2.75. The minimum atomic E-state index is 0.674. The van der Waals surface area contributed by atoms with Crippen LogP contribution in [0, 0.1) is 11.6 Å². The van der Waals surface area contributed by atoms with Gasteiger partial charge in [0.05, 0.1) is 5.69 Å². The third kappa shape index (κ3) is 2.59. The first-order chi connectivity index (χ1) is 10.2. The van der Waals surface area contributed by atoms with Crippen LogP contribution in [0.5, 0.6) is 0 Å². The molecule has 0 saturated carbocycles. The average molecular weight is 295 g/mol. The SMILES string of the molecule is CCCc1nc(=S)c(C)c(-c2cccc3ccncc23)[nH]1. The molecule has 0 aliphatic rings. The second-order valence-electron chi connectivity index (χ2n) is 5.14. The maximum atomic E-state index is 5.42. The van der Waals surface area contributed by atoms with Gasteiger partial charge in [-0.1, -0.05) is 37.3 Å². The van der Waals surface area contributed by atoms with Crippen molar-refractivity contribution in [1.82, 2.24) is 15.0 Å². The lowest BCUT2D eigenvalue weighted by Crippen LogP contribution is -2.00. The van der Waals surface area contributed by atoms with Crippen molar-refractivity contribution in [3.8, 4) is 11.3 Å². The highest BCUT2D eigenvalue weighted by Gasteiger charge is 2.10. The first-order valence-electron chi connectivity index (χ1n) is 7.13. The summed E-state index contributed by atoms with van der Waals surface area (Å²) in [6, 6.07) is 8.29.